The number of halogens is 5. The molecule has 2 aromatic carbocycles. The van der Waals surface area contributed by atoms with Crippen LogP contribution in [0.5, 0.6) is 17.2 Å². The Hall–Kier alpha value is -3.04. The van der Waals surface area contributed by atoms with Crippen molar-refractivity contribution < 1.29 is 41.0 Å². The normalized spacial score (nSPS) is 10.6. The summed E-state index contributed by atoms with van der Waals surface area (Å²) >= 11 is 0. The molecule has 0 aliphatic carbocycles. The van der Waals surface area contributed by atoms with Crippen molar-refractivity contribution >= 4 is 11.6 Å². The molecule has 0 aliphatic rings. The molecule has 1 N–H and O–H groups in total. The van der Waals surface area contributed by atoms with E-state index >= 15 is 0 Å². The van der Waals surface area contributed by atoms with E-state index in [0.29, 0.717) is 0 Å². The highest BCUT2D eigenvalue weighted by molar-refractivity contribution is 6.05. The van der Waals surface area contributed by atoms with E-state index in [0.717, 1.165) is 0 Å². The molecule has 0 aliphatic heterocycles. The van der Waals surface area contributed by atoms with Crippen LogP contribution < -0.4 is 19.5 Å². The summed E-state index contributed by atoms with van der Waals surface area (Å²) in [7, 11) is 0. The number of hydrogen-bond acceptors (Lipinski definition) is 4. The highest BCUT2D eigenvalue weighted by Crippen LogP contribution is 2.39. The lowest BCUT2D eigenvalue weighted by molar-refractivity contribution is 0.102. The Kier molecular flexibility index (Phi) is 7.24. The maximum atomic E-state index is 13.8. The second-order valence-electron chi connectivity index (χ2n) is 5.50. The Bertz CT molecular complexity index is 864. The third-order valence-corrected chi connectivity index (χ3v) is 3.62. The molecule has 0 fully saturated rings. The molecule has 0 unspecified atom stereocenters. The van der Waals surface area contributed by atoms with Crippen molar-refractivity contribution in [3.05, 3.63) is 46.8 Å². The molecule has 2 rings (SSSR count). The fourth-order valence-electron chi connectivity index (χ4n) is 2.42. The van der Waals surface area contributed by atoms with Crippen LogP contribution in [0.15, 0.2) is 12.1 Å². The highest BCUT2D eigenvalue weighted by atomic mass is 19.2. The quantitative estimate of drug-likeness (QED) is 0.378. The topological polar surface area (TPSA) is 56.8 Å². The van der Waals surface area contributed by atoms with E-state index < -0.39 is 40.7 Å². The van der Waals surface area contributed by atoms with Gasteiger partial charge in [-0.25, -0.2) is 22.0 Å². The minimum atomic E-state index is -2.32. The van der Waals surface area contributed by atoms with Crippen LogP contribution in [0, 0.1) is 29.1 Å². The largest absolute Gasteiger partial charge is 0.490 e. The molecule has 0 radical (unpaired) electrons. The molecule has 0 bridgehead atoms. The van der Waals surface area contributed by atoms with Crippen LogP contribution in [0.4, 0.5) is 27.6 Å². The summed E-state index contributed by atoms with van der Waals surface area (Å²) in [5.41, 5.74) is -1.67. The van der Waals surface area contributed by atoms with Gasteiger partial charge >= 0.3 is 0 Å². The number of carbonyl (C=O) groups excluding carboxylic acids is 1. The van der Waals surface area contributed by atoms with Gasteiger partial charge in [0.05, 0.1) is 19.8 Å². The monoisotopic (exact) mass is 419 g/mol. The van der Waals surface area contributed by atoms with Gasteiger partial charge in [-0.2, -0.15) is 0 Å². The second kappa shape index (κ2) is 9.44. The van der Waals surface area contributed by atoms with E-state index in [1.54, 1.807) is 26.1 Å². The zero-order valence-corrected chi connectivity index (χ0v) is 15.8. The summed E-state index contributed by atoms with van der Waals surface area (Å²) in [6, 6.07) is 2.41. The average Bonchev–Trinajstić information content (AvgIpc) is 2.70. The van der Waals surface area contributed by atoms with Gasteiger partial charge in [-0.1, -0.05) is 0 Å². The molecule has 5 nitrogen and oxygen atoms in total. The van der Waals surface area contributed by atoms with E-state index in [-0.39, 0.29) is 42.6 Å². The van der Waals surface area contributed by atoms with Crippen molar-refractivity contribution in [1.29, 1.82) is 0 Å². The molecule has 1 amide bonds. The highest BCUT2D eigenvalue weighted by Gasteiger charge is 2.28. The van der Waals surface area contributed by atoms with E-state index in [9.17, 15) is 26.7 Å². The Morgan fingerprint density at radius 3 is 1.59 bits per heavy atom. The van der Waals surface area contributed by atoms with Crippen LogP contribution in [0.3, 0.4) is 0 Å². The number of carbonyl (C=O) groups is 1. The van der Waals surface area contributed by atoms with Crippen LogP contribution in [0.25, 0.3) is 0 Å². The number of hydrogen-bond donors (Lipinski definition) is 1. The second-order valence-corrected chi connectivity index (χ2v) is 5.50. The number of ether oxygens (including phenoxy) is 3. The van der Waals surface area contributed by atoms with Gasteiger partial charge in [0.1, 0.15) is 5.69 Å². The maximum absolute atomic E-state index is 13.8. The van der Waals surface area contributed by atoms with E-state index in [1.165, 1.54) is 12.1 Å². The van der Waals surface area contributed by atoms with Crippen molar-refractivity contribution in [3.63, 3.8) is 0 Å². The first-order valence-corrected chi connectivity index (χ1v) is 8.65. The lowest BCUT2D eigenvalue weighted by Gasteiger charge is -2.17. The van der Waals surface area contributed by atoms with Gasteiger partial charge in [0.2, 0.25) is 11.6 Å². The lowest BCUT2D eigenvalue weighted by Crippen LogP contribution is -2.17. The number of anilines is 1. The molecule has 0 aromatic heterocycles. The summed E-state index contributed by atoms with van der Waals surface area (Å²) in [6.45, 7) is 5.74. The predicted octanol–water partition coefficient (Wildman–Crippen LogP) is 4.83. The fourth-order valence-corrected chi connectivity index (χ4v) is 2.42. The first kappa shape index (κ1) is 22.3. The van der Waals surface area contributed by atoms with Gasteiger partial charge in [0.15, 0.2) is 34.8 Å². The van der Waals surface area contributed by atoms with Crippen LogP contribution in [0.2, 0.25) is 0 Å². The molecular formula is C19H18F5NO4. The molecule has 0 saturated carbocycles. The molecule has 29 heavy (non-hydrogen) atoms. The lowest BCUT2D eigenvalue weighted by atomic mass is 10.1. The molecule has 2 aromatic rings. The molecule has 0 heterocycles. The first-order valence-electron chi connectivity index (χ1n) is 8.65. The minimum Gasteiger partial charge on any atom is -0.490 e. The average molecular weight is 419 g/mol. The summed E-state index contributed by atoms with van der Waals surface area (Å²) in [5.74, 6) is -11.7. The van der Waals surface area contributed by atoms with Gasteiger partial charge in [0.25, 0.3) is 5.91 Å². The summed E-state index contributed by atoms with van der Waals surface area (Å²) in [6.07, 6.45) is 0. The Labute approximate surface area is 163 Å². The summed E-state index contributed by atoms with van der Waals surface area (Å²) < 4.78 is 83.8. The molecule has 0 saturated heterocycles. The molecular weight excluding hydrogens is 401 g/mol. The van der Waals surface area contributed by atoms with Crippen molar-refractivity contribution in [2.75, 3.05) is 25.1 Å². The molecule has 10 heteroatoms. The van der Waals surface area contributed by atoms with Crippen LogP contribution >= 0.6 is 0 Å². The van der Waals surface area contributed by atoms with Crippen molar-refractivity contribution in [2.24, 2.45) is 0 Å². The predicted molar refractivity (Wildman–Crippen MR) is 94.1 cm³/mol. The molecule has 158 valence electrons. The van der Waals surface area contributed by atoms with E-state index in [1.807, 2.05) is 0 Å². The van der Waals surface area contributed by atoms with E-state index in [4.69, 9.17) is 14.2 Å². The van der Waals surface area contributed by atoms with Gasteiger partial charge in [-0.05, 0) is 32.9 Å². The van der Waals surface area contributed by atoms with Gasteiger partial charge in [-0.3, -0.25) is 4.79 Å². The minimum absolute atomic E-state index is 0.114. The van der Waals surface area contributed by atoms with Gasteiger partial charge in [-0.15, -0.1) is 0 Å². The first-order chi connectivity index (χ1) is 13.8. The zero-order chi connectivity index (χ0) is 21.7. The van der Waals surface area contributed by atoms with Crippen molar-refractivity contribution in [3.8, 4) is 17.2 Å². The van der Waals surface area contributed by atoms with Crippen LogP contribution in [-0.2, 0) is 0 Å². The van der Waals surface area contributed by atoms with E-state index in [2.05, 4.69) is 0 Å². The number of rotatable bonds is 8. The van der Waals surface area contributed by atoms with Crippen molar-refractivity contribution in [1.82, 2.24) is 0 Å². The van der Waals surface area contributed by atoms with Crippen LogP contribution in [-0.4, -0.2) is 25.7 Å². The summed E-state index contributed by atoms with van der Waals surface area (Å²) in [4.78, 5) is 12.5. The summed E-state index contributed by atoms with van der Waals surface area (Å²) in [5, 5.41) is 1.71. The number of benzene rings is 2. The zero-order valence-electron chi connectivity index (χ0n) is 15.8. The Morgan fingerprint density at radius 2 is 1.17 bits per heavy atom. The standard InChI is InChI=1S/C19H18F5NO4/c1-4-27-10-7-9(8-11(28-5-2)18(10)29-6-3)19(26)25-17-15(23)13(21)12(20)14(22)16(17)24/h7-8H,4-6H2,1-3H3,(H,25,26). The third kappa shape index (κ3) is 4.52. The maximum Gasteiger partial charge on any atom is 0.256 e. The van der Waals surface area contributed by atoms with Gasteiger partial charge in [0, 0.05) is 5.56 Å². The van der Waals surface area contributed by atoms with Crippen molar-refractivity contribution in [2.45, 2.75) is 20.8 Å². The molecule has 0 atom stereocenters. The third-order valence-electron chi connectivity index (χ3n) is 3.62. The van der Waals surface area contributed by atoms with Gasteiger partial charge < -0.3 is 19.5 Å². The Balaban J connectivity index is 2.51. The fraction of sp³-hybridized carbons (Fsp3) is 0.316. The SMILES string of the molecule is CCOc1cc(C(=O)Nc2c(F)c(F)c(F)c(F)c2F)cc(OCC)c1OCC. The Morgan fingerprint density at radius 1 is 0.759 bits per heavy atom. The molecule has 0 spiro atoms. The number of amides is 1. The van der Waals surface area contributed by atoms with Crippen LogP contribution in [0.1, 0.15) is 31.1 Å². The smallest absolute Gasteiger partial charge is 0.256 e. The number of nitrogens with one attached hydrogen (secondary N) is 1.